The van der Waals surface area contributed by atoms with Crippen LogP contribution in [0.5, 0.6) is 5.75 Å². The van der Waals surface area contributed by atoms with Crippen LogP contribution in [-0.2, 0) is 9.47 Å². The third-order valence-corrected chi connectivity index (χ3v) is 3.02. The molecule has 1 aliphatic heterocycles. The zero-order valence-electron chi connectivity index (χ0n) is 11.5. The summed E-state index contributed by atoms with van der Waals surface area (Å²) in [5.41, 5.74) is 0.835. The molecule has 2 rings (SSSR count). The average Bonchev–Trinajstić information content (AvgIpc) is 2.51. The van der Waals surface area contributed by atoms with Crippen molar-refractivity contribution in [3.63, 3.8) is 0 Å². The van der Waals surface area contributed by atoms with Crippen molar-refractivity contribution in [3.05, 3.63) is 29.8 Å². The van der Waals surface area contributed by atoms with E-state index in [-0.39, 0.29) is 6.61 Å². The fraction of sp³-hybridized carbons (Fsp3) is 0.500. The van der Waals surface area contributed by atoms with Crippen molar-refractivity contribution in [2.75, 3.05) is 33.0 Å². The topological polar surface area (TPSA) is 47.9 Å². The van der Waals surface area contributed by atoms with Gasteiger partial charge in [-0.15, -0.1) is 0 Å². The molecule has 1 fully saturated rings. The quantitative estimate of drug-likeness (QED) is 0.655. The van der Waals surface area contributed by atoms with Crippen molar-refractivity contribution in [2.24, 2.45) is 0 Å². The van der Waals surface area contributed by atoms with Gasteiger partial charge >= 0.3 is 0 Å². The molecule has 1 aliphatic rings. The van der Waals surface area contributed by atoms with Crippen LogP contribution in [0.3, 0.4) is 0 Å². The van der Waals surface area contributed by atoms with Crippen molar-refractivity contribution in [1.82, 2.24) is 0 Å². The van der Waals surface area contributed by atoms with Crippen LogP contribution in [0.15, 0.2) is 24.3 Å². The number of rotatable bonds is 5. The van der Waals surface area contributed by atoms with E-state index in [1.54, 1.807) is 0 Å². The Morgan fingerprint density at radius 1 is 1.25 bits per heavy atom. The molecule has 0 aliphatic carbocycles. The summed E-state index contributed by atoms with van der Waals surface area (Å²) in [7, 11) is 0. The van der Waals surface area contributed by atoms with Crippen LogP contribution in [0.25, 0.3) is 0 Å². The summed E-state index contributed by atoms with van der Waals surface area (Å²) >= 11 is 0. The lowest BCUT2D eigenvalue weighted by Crippen LogP contribution is -2.25. The first-order chi connectivity index (χ1) is 9.88. The number of hydrogen-bond donors (Lipinski definition) is 1. The molecular formula is C16H20O4. The van der Waals surface area contributed by atoms with Gasteiger partial charge in [0.2, 0.25) is 0 Å². The minimum atomic E-state index is -0.135. The van der Waals surface area contributed by atoms with E-state index in [1.807, 2.05) is 24.3 Å². The minimum absolute atomic E-state index is 0.135. The SMILES string of the molecule is OCC#Cc1cccc(OCCOC2CCOCC2)c1. The predicted octanol–water partition coefficient (Wildman–Crippen LogP) is 1.60. The van der Waals surface area contributed by atoms with Gasteiger partial charge in [-0.05, 0) is 31.0 Å². The molecule has 0 radical (unpaired) electrons. The summed E-state index contributed by atoms with van der Waals surface area (Å²) in [5.74, 6) is 6.24. The van der Waals surface area contributed by atoms with Crippen molar-refractivity contribution >= 4 is 0 Å². The van der Waals surface area contributed by atoms with E-state index in [4.69, 9.17) is 19.3 Å². The number of benzene rings is 1. The molecule has 0 amide bonds. The average molecular weight is 276 g/mol. The van der Waals surface area contributed by atoms with E-state index < -0.39 is 0 Å². The molecule has 0 unspecified atom stereocenters. The van der Waals surface area contributed by atoms with Crippen LogP contribution in [0, 0.1) is 11.8 Å². The van der Waals surface area contributed by atoms with Crippen LogP contribution in [-0.4, -0.2) is 44.2 Å². The molecule has 0 saturated carbocycles. The van der Waals surface area contributed by atoms with Crippen molar-refractivity contribution < 1.29 is 19.3 Å². The fourth-order valence-corrected chi connectivity index (χ4v) is 2.02. The van der Waals surface area contributed by atoms with Gasteiger partial charge in [0.05, 0.1) is 12.7 Å². The standard InChI is InChI=1S/C16H20O4/c17-8-2-4-14-3-1-5-16(13-14)20-12-11-19-15-6-9-18-10-7-15/h1,3,5,13,15,17H,6-12H2. The molecule has 1 aromatic rings. The highest BCUT2D eigenvalue weighted by molar-refractivity contribution is 5.39. The van der Waals surface area contributed by atoms with Crippen LogP contribution in [0.1, 0.15) is 18.4 Å². The Morgan fingerprint density at radius 3 is 2.90 bits per heavy atom. The second-order valence-electron chi connectivity index (χ2n) is 4.52. The normalized spacial score (nSPS) is 15.4. The number of ether oxygens (including phenoxy) is 3. The Kier molecular flexibility index (Phi) is 6.39. The predicted molar refractivity (Wildman–Crippen MR) is 75.7 cm³/mol. The van der Waals surface area contributed by atoms with Gasteiger partial charge in [0.25, 0.3) is 0 Å². The van der Waals surface area contributed by atoms with Gasteiger partial charge in [0, 0.05) is 18.8 Å². The lowest BCUT2D eigenvalue weighted by atomic mass is 10.2. The molecule has 1 aromatic carbocycles. The maximum absolute atomic E-state index is 8.66. The van der Waals surface area contributed by atoms with Crippen LogP contribution < -0.4 is 4.74 Å². The Bertz CT molecular complexity index is 455. The maximum Gasteiger partial charge on any atom is 0.120 e. The van der Waals surface area contributed by atoms with Gasteiger partial charge in [0.15, 0.2) is 0 Å². The third kappa shape index (κ3) is 5.22. The van der Waals surface area contributed by atoms with Crippen molar-refractivity contribution in [2.45, 2.75) is 18.9 Å². The monoisotopic (exact) mass is 276 g/mol. The zero-order chi connectivity index (χ0) is 14.0. The fourth-order valence-electron chi connectivity index (χ4n) is 2.02. The lowest BCUT2D eigenvalue weighted by molar-refractivity contribution is -0.0388. The summed E-state index contributed by atoms with van der Waals surface area (Å²) in [5, 5.41) is 8.66. The molecule has 0 atom stereocenters. The Balaban J connectivity index is 1.70. The van der Waals surface area contributed by atoms with Crippen LogP contribution >= 0.6 is 0 Å². The van der Waals surface area contributed by atoms with E-state index in [0.29, 0.717) is 19.3 Å². The molecule has 1 N–H and O–H groups in total. The highest BCUT2D eigenvalue weighted by Crippen LogP contribution is 2.13. The van der Waals surface area contributed by atoms with Gasteiger partial charge < -0.3 is 19.3 Å². The highest BCUT2D eigenvalue weighted by Gasteiger charge is 2.13. The van der Waals surface area contributed by atoms with E-state index in [2.05, 4.69) is 11.8 Å². The van der Waals surface area contributed by atoms with E-state index in [1.165, 1.54) is 0 Å². The highest BCUT2D eigenvalue weighted by atomic mass is 16.5. The third-order valence-electron chi connectivity index (χ3n) is 3.02. The molecule has 0 spiro atoms. The van der Waals surface area contributed by atoms with Gasteiger partial charge in [-0.2, -0.15) is 0 Å². The molecule has 0 bridgehead atoms. The molecule has 4 heteroatoms. The first-order valence-corrected chi connectivity index (χ1v) is 6.90. The Hall–Kier alpha value is -1.54. The second kappa shape index (κ2) is 8.60. The van der Waals surface area contributed by atoms with E-state index in [9.17, 15) is 0 Å². The molecule has 20 heavy (non-hydrogen) atoms. The summed E-state index contributed by atoms with van der Waals surface area (Å²) < 4.78 is 16.6. The van der Waals surface area contributed by atoms with E-state index >= 15 is 0 Å². The van der Waals surface area contributed by atoms with Crippen molar-refractivity contribution in [3.8, 4) is 17.6 Å². The maximum atomic E-state index is 8.66. The van der Waals surface area contributed by atoms with E-state index in [0.717, 1.165) is 37.4 Å². The summed E-state index contributed by atoms with van der Waals surface area (Å²) in [4.78, 5) is 0. The Morgan fingerprint density at radius 2 is 2.10 bits per heavy atom. The van der Waals surface area contributed by atoms with Gasteiger partial charge in [0.1, 0.15) is 19.0 Å². The van der Waals surface area contributed by atoms with Gasteiger partial charge in [-0.3, -0.25) is 0 Å². The molecule has 4 nitrogen and oxygen atoms in total. The Labute approximate surface area is 119 Å². The molecule has 108 valence electrons. The largest absolute Gasteiger partial charge is 0.491 e. The summed E-state index contributed by atoms with van der Waals surface area (Å²) in [6, 6.07) is 7.51. The summed E-state index contributed by atoms with van der Waals surface area (Å²) in [6.07, 6.45) is 2.23. The first-order valence-electron chi connectivity index (χ1n) is 6.90. The molecular weight excluding hydrogens is 256 g/mol. The molecule has 0 aromatic heterocycles. The smallest absolute Gasteiger partial charge is 0.120 e. The lowest BCUT2D eigenvalue weighted by Gasteiger charge is -2.22. The second-order valence-corrected chi connectivity index (χ2v) is 4.52. The van der Waals surface area contributed by atoms with Crippen molar-refractivity contribution in [1.29, 1.82) is 0 Å². The zero-order valence-corrected chi connectivity index (χ0v) is 11.5. The van der Waals surface area contributed by atoms with Crippen LogP contribution in [0.2, 0.25) is 0 Å². The molecule has 1 heterocycles. The minimum Gasteiger partial charge on any atom is -0.491 e. The number of aliphatic hydroxyl groups is 1. The van der Waals surface area contributed by atoms with Crippen LogP contribution in [0.4, 0.5) is 0 Å². The molecule has 1 saturated heterocycles. The summed E-state index contributed by atoms with van der Waals surface area (Å²) in [6.45, 7) is 2.55. The van der Waals surface area contributed by atoms with Gasteiger partial charge in [-0.25, -0.2) is 0 Å². The number of hydrogen-bond acceptors (Lipinski definition) is 4. The van der Waals surface area contributed by atoms with Gasteiger partial charge in [-0.1, -0.05) is 17.9 Å². The number of aliphatic hydroxyl groups excluding tert-OH is 1. The first kappa shape index (κ1) is 14.9.